The normalized spacial score (nSPS) is 14.5. The van der Waals surface area contributed by atoms with Gasteiger partial charge >= 0.3 is 0 Å². The number of unbranched alkanes of at least 4 members (excludes halogenated alkanes) is 29. The average molecular weight is 907 g/mol. The Morgan fingerprint density at radius 1 is 0.556 bits per heavy atom. The van der Waals surface area contributed by atoms with E-state index in [0.717, 1.165) is 44.9 Å². The summed E-state index contributed by atoms with van der Waals surface area (Å²) in [5, 5.41) is 13.7. The molecule has 0 bridgehead atoms. The van der Waals surface area contributed by atoms with Crippen molar-refractivity contribution < 1.29 is 32.9 Å². The number of nitrogens with zero attached hydrogens (tertiary/aromatic N) is 1. The maximum atomic E-state index is 12.9. The number of quaternary nitrogens is 1. The molecular formula is C54H103N2O6P. The Morgan fingerprint density at radius 2 is 0.937 bits per heavy atom. The third-order valence-electron chi connectivity index (χ3n) is 11.8. The quantitative estimate of drug-likeness (QED) is 0.0272. The van der Waals surface area contributed by atoms with Crippen LogP contribution in [-0.4, -0.2) is 68.5 Å². The number of aliphatic hydroxyl groups is 1. The Bertz CT molecular complexity index is 1170. The Balaban J connectivity index is 4.03. The molecule has 3 unspecified atom stereocenters. The van der Waals surface area contributed by atoms with Crippen LogP contribution in [0.1, 0.15) is 239 Å². The van der Waals surface area contributed by atoms with Gasteiger partial charge in [0.2, 0.25) is 5.91 Å². The highest BCUT2D eigenvalue weighted by Gasteiger charge is 2.23. The zero-order valence-electron chi connectivity index (χ0n) is 42.0. The molecule has 0 saturated carbocycles. The second-order valence-electron chi connectivity index (χ2n) is 19.2. The van der Waals surface area contributed by atoms with Crippen LogP contribution in [0.15, 0.2) is 48.6 Å². The van der Waals surface area contributed by atoms with Gasteiger partial charge in [0.15, 0.2) is 0 Å². The van der Waals surface area contributed by atoms with Crippen LogP contribution in [-0.2, 0) is 18.4 Å². The first-order valence-corrected chi connectivity index (χ1v) is 28.0. The molecule has 0 heterocycles. The molecule has 370 valence electrons. The molecule has 0 aromatic rings. The number of carbonyl (C=O) groups is 1. The fourth-order valence-corrected chi connectivity index (χ4v) is 8.28. The van der Waals surface area contributed by atoms with E-state index in [1.807, 2.05) is 27.2 Å². The first-order valence-electron chi connectivity index (χ1n) is 26.5. The van der Waals surface area contributed by atoms with Crippen molar-refractivity contribution in [3.8, 4) is 0 Å². The second-order valence-corrected chi connectivity index (χ2v) is 20.6. The number of rotatable bonds is 48. The van der Waals surface area contributed by atoms with Gasteiger partial charge in [0.05, 0.1) is 39.9 Å². The van der Waals surface area contributed by atoms with Gasteiger partial charge in [-0.2, -0.15) is 0 Å². The van der Waals surface area contributed by atoms with Crippen LogP contribution >= 0.6 is 7.82 Å². The van der Waals surface area contributed by atoms with Crippen LogP contribution in [0.5, 0.6) is 0 Å². The molecule has 0 aromatic heterocycles. The molecule has 8 nitrogen and oxygen atoms in total. The second kappa shape index (κ2) is 45.6. The van der Waals surface area contributed by atoms with Crippen LogP contribution in [0.2, 0.25) is 0 Å². The van der Waals surface area contributed by atoms with E-state index >= 15 is 0 Å². The van der Waals surface area contributed by atoms with Gasteiger partial charge < -0.3 is 28.8 Å². The molecule has 2 N–H and O–H groups in total. The summed E-state index contributed by atoms with van der Waals surface area (Å²) in [6, 6.07) is -0.901. The number of carbonyl (C=O) groups excluding carboxylic acids is 1. The fraction of sp³-hybridized carbons (Fsp3) is 0.833. The largest absolute Gasteiger partial charge is 0.756 e. The monoisotopic (exact) mass is 907 g/mol. The Hall–Kier alpha value is -1.54. The Labute approximate surface area is 390 Å². The first-order chi connectivity index (χ1) is 30.5. The van der Waals surface area contributed by atoms with E-state index in [4.69, 9.17) is 9.05 Å². The molecule has 9 heteroatoms. The molecular weight excluding hydrogens is 804 g/mol. The minimum atomic E-state index is -4.59. The molecule has 0 aromatic carbocycles. The minimum Gasteiger partial charge on any atom is -0.756 e. The molecule has 0 fully saturated rings. The lowest BCUT2D eigenvalue weighted by Gasteiger charge is -2.29. The maximum Gasteiger partial charge on any atom is 0.268 e. The summed E-state index contributed by atoms with van der Waals surface area (Å²) >= 11 is 0. The van der Waals surface area contributed by atoms with E-state index in [2.05, 4.69) is 55.6 Å². The van der Waals surface area contributed by atoms with Crippen molar-refractivity contribution in [2.45, 2.75) is 251 Å². The number of nitrogens with one attached hydrogen (secondary N) is 1. The fourth-order valence-electron chi connectivity index (χ4n) is 7.55. The van der Waals surface area contributed by atoms with Crippen LogP contribution < -0.4 is 10.2 Å². The summed E-state index contributed by atoms with van der Waals surface area (Å²) in [6.07, 6.45) is 59.2. The van der Waals surface area contributed by atoms with E-state index in [0.29, 0.717) is 17.4 Å². The number of likely N-dealkylation sites (N-methyl/N-ethyl adjacent to an activating group) is 1. The predicted octanol–water partition coefficient (Wildman–Crippen LogP) is 15.0. The predicted molar refractivity (Wildman–Crippen MR) is 270 cm³/mol. The summed E-state index contributed by atoms with van der Waals surface area (Å²) in [6.45, 7) is 4.59. The number of aliphatic hydroxyl groups excluding tert-OH is 1. The van der Waals surface area contributed by atoms with Crippen LogP contribution in [0.25, 0.3) is 0 Å². The van der Waals surface area contributed by atoms with Crippen molar-refractivity contribution in [1.82, 2.24) is 5.32 Å². The number of amides is 1. The number of hydrogen-bond acceptors (Lipinski definition) is 6. The lowest BCUT2D eigenvalue weighted by atomic mass is 10.0. The van der Waals surface area contributed by atoms with Gasteiger partial charge in [-0.3, -0.25) is 9.36 Å². The van der Waals surface area contributed by atoms with E-state index in [9.17, 15) is 19.4 Å². The average Bonchev–Trinajstić information content (AvgIpc) is 3.24. The van der Waals surface area contributed by atoms with Crippen molar-refractivity contribution in [2.24, 2.45) is 0 Å². The van der Waals surface area contributed by atoms with Crippen molar-refractivity contribution in [2.75, 3.05) is 40.9 Å². The number of phosphoric ester groups is 1. The molecule has 0 aliphatic rings. The molecule has 0 radical (unpaired) electrons. The van der Waals surface area contributed by atoms with Crippen molar-refractivity contribution in [3.05, 3.63) is 48.6 Å². The summed E-state index contributed by atoms with van der Waals surface area (Å²) in [4.78, 5) is 25.3. The molecule has 0 saturated heterocycles. The Morgan fingerprint density at radius 3 is 1.40 bits per heavy atom. The molecule has 0 spiro atoms. The molecule has 1 amide bonds. The van der Waals surface area contributed by atoms with E-state index < -0.39 is 26.6 Å². The molecule has 3 atom stereocenters. The maximum absolute atomic E-state index is 12.9. The van der Waals surface area contributed by atoms with Gasteiger partial charge in [0.1, 0.15) is 13.2 Å². The first kappa shape index (κ1) is 61.5. The van der Waals surface area contributed by atoms with E-state index in [1.54, 1.807) is 6.08 Å². The van der Waals surface area contributed by atoms with E-state index in [-0.39, 0.29) is 12.5 Å². The van der Waals surface area contributed by atoms with Gasteiger partial charge in [-0.25, -0.2) is 0 Å². The van der Waals surface area contributed by atoms with Crippen LogP contribution in [0.3, 0.4) is 0 Å². The molecule has 0 aliphatic heterocycles. The molecule has 63 heavy (non-hydrogen) atoms. The van der Waals surface area contributed by atoms with Crippen molar-refractivity contribution >= 4 is 13.7 Å². The van der Waals surface area contributed by atoms with Gasteiger partial charge in [0.25, 0.3) is 7.82 Å². The summed E-state index contributed by atoms with van der Waals surface area (Å²) in [5.74, 6) is -0.209. The summed E-state index contributed by atoms with van der Waals surface area (Å²) in [7, 11) is 1.24. The number of allylic oxidation sites excluding steroid dienone is 7. The highest BCUT2D eigenvalue weighted by molar-refractivity contribution is 7.45. The topological polar surface area (TPSA) is 108 Å². The zero-order valence-corrected chi connectivity index (χ0v) is 42.9. The molecule has 0 rings (SSSR count). The number of hydrogen-bond donors (Lipinski definition) is 2. The third-order valence-corrected chi connectivity index (χ3v) is 12.7. The third kappa shape index (κ3) is 48.2. The van der Waals surface area contributed by atoms with Gasteiger partial charge in [-0.05, 0) is 64.2 Å². The van der Waals surface area contributed by atoms with E-state index in [1.165, 1.54) is 173 Å². The van der Waals surface area contributed by atoms with Gasteiger partial charge in [0, 0.05) is 6.42 Å². The summed E-state index contributed by atoms with van der Waals surface area (Å²) < 4.78 is 23.2. The SMILES string of the molecule is CCCCCC/C=C/CC/C=C/C(O)C(COP(=O)([O-])OCC[N+](C)(C)C)NC(=O)CCCCCCCCCCCCCCCCC/C=C\C/C=C\CCCCCCCCCCC. The highest BCUT2D eigenvalue weighted by atomic mass is 31.2. The lowest BCUT2D eigenvalue weighted by molar-refractivity contribution is -0.870. The minimum absolute atomic E-state index is 0.00696. The van der Waals surface area contributed by atoms with Gasteiger partial charge in [-0.15, -0.1) is 0 Å². The summed E-state index contributed by atoms with van der Waals surface area (Å²) in [5.41, 5.74) is 0. The van der Waals surface area contributed by atoms with Crippen molar-refractivity contribution in [1.29, 1.82) is 0 Å². The van der Waals surface area contributed by atoms with Gasteiger partial charge in [-0.1, -0.05) is 217 Å². The Kier molecular flexibility index (Phi) is 44.5. The van der Waals surface area contributed by atoms with Crippen molar-refractivity contribution in [3.63, 3.8) is 0 Å². The smallest absolute Gasteiger partial charge is 0.268 e. The lowest BCUT2D eigenvalue weighted by Crippen LogP contribution is -2.45. The van der Waals surface area contributed by atoms with Crippen LogP contribution in [0, 0.1) is 0 Å². The standard InChI is InChI=1S/C54H103N2O6P/c1-6-8-10-12-14-16-18-19-20-21-22-23-24-25-26-27-28-29-30-31-32-33-34-35-36-37-38-40-42-44-46-48-54(58)55-52(51-62-63(59,60)61-50-49-56(3,4)5)53(57)47-45-43-41-39-17-15-13-11-9-7-2/h17,22-23,25-26,39,45,47,52-53,57H,6-16,18-21,24,27-38,40-44,46,48-51H2,1-5H3,(H-,55,58,59,60)/b23-22-,26-25-,39-17+,47-45+. The number of phosphoric acid groups is 1. The zero-order chi connectivity index (χ0) is 46.4. The molecule has 0 aliphatic carbocycles. The highest BCUT2D eigenvalue weighted by Crippen LogP contribution is 2.38. The van der Waals surface area contributed by atoms with Crippen LogP contribution in [0.4, 0.5) is 0 Å².